The molecule has 0 radical (unpaired) electrons. The van der Waals surface area contributed by atoms with Gasteiger partial charge in [0.2, 0.25) is 0 Å². The van der Waals surface area contributed by atoms with Crippen molar-refractivity contribution in [2.45, 2.75) is 26.3 Å². The lowest BCUT2D eigenvalue weighted by molar-refractivity contribution is -0.144. The van der Waals surface area contributed by atoms with Crippen molar-refractivity contribution in [3.63, 3.8) is 0 Å². The normalized spacial score (nSPS) is 13.5. The van der Waals surface area contributed by atoms with Crippen LogP contribution in [0, 0.1) is 5.92 Å². The van der Waals surface area contributed by atoms with E-state index < -0.39 is 12.0 Å². The van der Waals surface area contributed by atoms with Gasteiger partial charge in [-0.1, -0.05) is 37.9 Å². The first-order valence-corrected chi connectivity index (χ1v) is 6.51. The summed E-state index contributed by atoms with van der Waals surface area (Å²) in [7, 11) is 1.31. The Kier molecular flexibility index (Phi) is 5.83. The van der Waals surface area contributed by atoms with E-state index in [0.717, 1.165) is 6.42 Å². The molecular weight excluding hydrogens is 266 g/mol. The van der Waals surface area contributed by atoms with Gasteiger partial charge in [0.05, 0.1) is 7.11 Å². The summed E-state index contributed by atoms with van der Waals surface area (Å²) in [6, 6.07) is 5.92. The summed E-state index contributed by atoms with van der Waals surface area (Å²) >= 11 is 5.83. The minimum atomic E-state index is -0.651. The highest BCUT2D eigenvalue weighted by atomic mass is 35.5. The van der Waals surface area contributed by atoms with E-state index in [9.17, 15) is 9.59 Å². The highest BCUT2D eigenvalue weighted by molar-refractivity contribution is 6.30. The van der Waals surface area contributed by atoms with Crippen molar-refractivity contribution in [1.29, 1.82) is 0 Å². The van der Waals surface area contributed by atoms with E-state index in [4.69, 9.17) is 16.3 Å². The minimum Gasteiger partial charge on any atom is -0.467 e. The van der Waals surface area contributed by atoms with Gasteiger partial charge in [0, 0.05) is 10.6 Å². The largest absolute Gasteiger partial charge is 0.467 e. The van der Waals surface area contributed by atoms with E-state index in [2.05, 4.69) is 5.32 Å². The van der Waals surface area contributed by atoms with E-state index in [1.807, 2.05) is 13.8 Å². The third kappa shape index (κ3) is 4.24. The Bertz CT molecular complexity index is 462. The maximum absolute atomic E-state index is 12.1. The number of hydrogen-bond donors (Lipinski definition) is 1. The Balaban J connectivity index is 2.84. The number of ether oxygens (including phenoxy) is 1. The second kappa shape index (κ2) is 7.14. The number of hydrogen-bond acceptors (Lipinski definition) is 3. The lowest BCUT2D eigenvalue weighted by Gasteiger charge is -2.21. The summed E-state index contributed by atoms with van der Waals surface area (Å²) in [5.74, 6) is -0.779. The number of halogens is 1. The van der Waals surface area contributed by atoms with Gasteiger partial charge < -0.3 is 10.1 Å². The number of carbonyl (C=O) groups is 2. The van der Waals surface area contributed by atoms with Crippen molar-refractivity contribution in [3.05, 3.63) is 34.9 Å². The number of carbonyl (C=O) groups excluding carboxylic acids is 2. The molecule has 1 aromatic rings. The third-order valence-electron chi connectivity index (χ3n) is 3.04. The van der Waals surface area contributed by atoms with Gasteiger partial charge in [0.1, 0.15) is 6.04 Å². The quantitative estimate of drug-likeness (QED) is 0.845. The molecular formula is C14H18ClNO3. The molecule has 0 aliphatic carbocycles. The van der Waals surface area contributed by atoms with Crippen LogP contribution in [0.3, 0.4) is 0 Å². The van der Waals surface area contributed by atoms with Crippen LogP contribution in [0.25, 0.3) is 0 Å². The van der Waals surface area contributed by atoms with Crippen LogP contribution in [0.4, 0.5) is 0 Å². The zero-order valence-corrected chi connectivity index (χ0v) is 12.0. The molecule has 5 heteroatoms. The van der Waals surface area contributed by atoms with Gasteiger partial charge in [-0.2, -0.15) is 0 Å². The van der Waals surface area contributed by atoms with E-state index in [1.54, 1.807) is 24.3 Å². The number of esters is 1. The van der Waals surface area contributed by atoms with Crippen molar-refractivity contribution >= 4 is 23.5 Å². The first-order chi connectivity index (χ1) is 8.99. The lowest BCUT2D eigenvalue weighted by Crippen LogP contribution is -2.45. The monoisotopic (exact) mass is 283 g/mol. The van der Waals surface area contributed by atoms with Crippen LogP contribution in [0.5, 0.6) is 0 Å². The van der Waals surface area contributed by atoms with Crippen molar-refractivity contribution in [3.8, 4) is 0 Å². The molecule has 1 rings (SSSR count). The Labute approximate surface area is 118 Å². The fourth-order valence-electron chi connectivity index (χ4n) is 1.65. The number of rotatable bonds is 5. The SMILES string of the molecule is CC[C@H](C)[C@H](NC(=O)c1cccc(Cl)c1)C(=O)OC. The second-order valence-electron chi connectivity index (χ2n) is 4.37. The van der Waals surface area contributed by atoms with E-state index in [1.165, 1.54) is 7.11 Å². The molecule has 0 heterocycles. The molecule has 104 valence electrons. The summed E-state index contributed by atoms with van der Waals surface area (Å²) in [6.45, 7) is 3.84. The number of amides is 1. The molecule has 0 aliphatic rings. The summed E-state index contributed by atoms with van der Waals surface area (Å²) in [5.41, 5.74) is 0.421. The van der Waals surface area contributed by atoms with Crippen LogP contribution in [0.1, 0.15) is 30.6 Å². The van der Waals surface area contributed by atoms with Gasteiger partial charge in [-0.25, -0.2) is 4.79 Å². The molecule has 0 fully saturated rings. The van der Waals surface area contributed by atoms with Gasteiger partial charge in [-0.05, 0) is 24.1 Å². The smallest absolute Gasteiger partial charge is 0.328 e. The Hall–Kier alpha value is -1.55. The van der Waals surface area contributed by atoms with Crippen LogP contribution < -0.4 is 5.32 Å². The Morgan fingerprint density at radius 2 is 2.11 bits per heavy atom. The van der Waals surface area contributed by atoms with Gasteiger partial charge >= 0.3 is 5.97 Å². The maximum atomic E-state index is 12.1. The molecule has 0 aromatic heterocycles. The zero-order chi connectivity index (χ0) is 14.4. The first-order valence-electron chi connectivity index (χ1n) is 6.13. The van der Waals surface area contributed by atoms with Gasteiger partial charge in [-0.15, -0.1) is 0 Å². The highest BCUT2D eigenvalue weighted by Gasteiger charge is 2.26. The second-order valence-corrected chi connectivity index (χ2v) is 4.81. The van der Waals surface area contributed by atoms with Crippen molar-refractivity contribution in [2.24, 2.45) is 5.92 Å². The average Bonchev–Trinajstić information content (AvgIpc) is 2.42. The molecule has 2 atom stereocenters. The molecule has 0 saturated carbocycles. The van der Waals surface area contributed by atoms with E-state index >= 15 is 0 Å². The van der Waals surface area contributed by atoms with Crippen molar-refractivity contribution in [1.82, 2.24) is 5.32 Å². The molecule has 0 saturated heterocycles. The van der Waals surface area contributed by atoms with Gasteiger partial charge in [-0.3, -0.25) is 4.79 Å². The predicted molar refractivity (Wildman–Crippen MR) is 74.2 cm³/mol. The summed E-state index contributed by atoms with van der Waals surface area (Å²) < 4.78 is 4.72. The Morgan fingerprint density at radius 1 is 1.42 bits per heavy atom. The average molecular weight is 284 g/mol. The summed E-state index contributed by atoms with van der Waals surface area (Å²) in [5, 5.41) is 3.17. The standard InChI is InChI=1S/C14H18ClNO3/c1-4-9(2)12(14(18)19-3)16-13(17)10-6-5-7-11(15)8-10/h5-9,12H,4H2,1-3H3,(H,16,17)/t9-,12-/m0/s1. The van der Waals surface area contributed by atoms with Crippen LogP contribution in [-0.4, -0.2) is 25.0 Å². The molecule has 1 aromatic carbocycles. The van der Waals surface area contributed by atoms with Gasteiger partial charge in [0.15, 0.2) is 0 Å². The van der Waals surface area contributed by atoms with E-state index in [0.29, 0.717) is 10.6 Å². The molecule has 0 unspecified atom stereocenters. The maximum Gasteiger partial charge on any atom is 0.328 e. The van der Waals surface area contributed by atoms with Crippen molar-refractivity contribution in [2.75, 3.05) is 7.11 Å². The number of methoxy groups -OCH3 is 1. The van der Waals surface area contributed by atoms with Crippen LogP contribution in [-0.2, 0) is 9.53 Å². The van der Waals surface area contributed by atoms with Crippen LogP contribution in [0.2, 0.25) is 5.02 Å². The fourth-order valence-corrected chi connectivity index (χ4v) is 1.84. The Morgan fingerprint density at radius 3 is 2.63 bits per heavy atom. The summed E-state index contributed by atoms with van der Waals surface area (Å²) in [4.78, 5) is 23.8. The molecule has 1 N–H and O–H groups in total. The topological polar surface area (TPSA) is 55.4 Å². The first kappa shape index (κ1) is 15.5. The number of nitrogens with one attached hydrogen (secondary N) is 1. The molecule has 4 nitrogen and oxygen atoms in total. The van der Waals surface area contributed by atoms with Gasteiger partial charge in [0.25, 0.3) is 5.91 Å². The zero-order valence-electron chi connectivity index (χ0n) is 11.3. The molecule has 1 amide bonds. The van der Waals surface area contributed by atoms with Crippen LogP contribution >= 0.6 is 11.6 Å². The predicted octanol–water partition coefficient (Wildman–Crippen LogP) is 2.66. The lowest BCUT2D eigenvalue weighted by atomic mass is 9.99. The van der Waals surface area contributed by atoms with Crippen LogP contribution in [0.15, 0.2) is 24.3 Å². The van der Waals surface area contributed by atoms with Crippen molar-refractivity contribution < 1.29 is 14.3 Å². The minimum absolute atomic E-state index is 0.00409. The highest BCUT2D eigenvalue weighted by Crippen LogP contribution is 2.13. The molecule has 0 bridgehead atoms. The molecule has 0 spiro atoms. The third-order valence-corrected chi connectivity index (χ3v) is 3.28. The molecule has 19 heavy (non-hydrogen) atoms. The fraction of sp³-hybridized carbons (Fsp3) is 0.429. The summed E-state index contributed by atoms with van der Waals surface area (Å²) in [6.07, 6.45) is 0.760. The number of benzene rings is 1. The van der Waals surface area contributed by atoms with E-state index in [-0.39, 0.29) is 11.8 Å². The molecule has 0 aliphatic heterocycles.